The highest BCUT2D eigenvalue weighted by Gasteiger charge is 2.12. The van der Waals surface area contributed by atoms with E-state index in [0.717, 1.165) is 24.9 Å². The minimum absolute atomic E-state index is 0.0260. The number of hydrogen-bond acceptors (Lipinski definition) is 3. The Morgan fingerprint density at radius 3 is 2.61 bits per heavy atom. The molecule has 3 nitrogen and oxygen atoms in total. The van der Waals surface area contributed by atoms with Crippen LogP contribution in [0.4, 0.5) is 10.1 Å². The lowest BCUT2D eigenvalue weighted by Gasteiger charge is -2.24. The van der Waals surface area contributed by atoms with Crippen molar-refractivity contribution in [3.63, 3.8) is 0 Å². The van der Waals surface area contributed by atoms with E-state index in [1.807, 2.05) is 17.9 Å². The molecule has 0 spiro atoms. The molecule has 4 heteroatoms. The number of aliphatic hydroxyl groups excluding tert-OH is 1. The van der Waals surface area contributed by atoms with Gasteiger partial charge in [-0.1, -0.05) is 19.4 Å². The van der Waals surface area contributed by atoms with E-state index in [1.54, 1.807) is 6.07 Å². The van der Waals surface area contributed by atoms with Crippen molar-refractivity contribution in [3.8, 4) is 0 Å². The van der Waals surface area contributed by atoms with Gasteiger partial charge in [-0.25, -0.2) is 4.39 Å². The van der Waals surface area contributed by atoms with Crippen LogP contribution < -0.4 is 10.6 Å². The van der Waals surface area contributed by atoms with Gasteiger partial charge in [-0.3, -0.25) is 0 Å². The fourth-order valence-electron chi connectivity index (χ4n) is 1.89. The number of nitrogens with zero attached hydrogens (tertiary/aromatic N) is 1. The number of benzene rings is 1. The van der Waals surface area contributed by atoms with Crippen LogP contribution in [0.15, 0.2) is 18.2 Å². The topological polar surface area (TPSA) is 49.5 Å². The molecule has 3 N–H and O–H groups in total. The summed E-state index contributed by atoms with van der Waals surface area (Å²) in [6.45, 7) is 5.15. The minimum atomic E-state index is -0.269. The summed E-state index contributed by atoms with van der Waals surface area (Å²) in [4.78, 5) is 1.88. The van der Waals surface area contributed by atoms with Gasteiger partial charge in [-0.05, 0) is 31.0 Å². The van der Waals surface area contributed by atoms with Crippen molar-refractivity contribution in [1.82, 2.24) is 0 Å². The fraction of sp³-hybridized carbons (Fsp3) is 0.571. The average molecular weight is 254 g/mol. The second-order valence-corrected chi connectivity index (χ2v) is 4.56. The summed E-state index contributed by atoms with van der Waals surface area (Å²) in [6.07, 6.45) is 2.02. The van der Waals surface area contributed by atoms with Gasteiger partial charge in [0.15, 0.2) is 0 Å². The van der Waals surface area contributed by atoms with E-state index in [0.29, 0.717) is 12.2 Å². The van der Waals surface area contributed by atoms with E-state index in [1.165, 1.54) is 6.07 Å². The van der Waals surface area contributed by atoms with Gasteiger partial charge in [-0.15, -0.1) is 0 Å². The highest BCUT2D eigenvalue weighted by atomic mass is 19.1. The van der Waals surface area contributed by atoms with Crippen LogP contribution in [0.3, 0.4) is 0 Å². The Morgan fingerprint density at radius 1 is 1.39 bits per heavy atom. The van der Waals surface area contributed by atoms with Gasteiger partial charge in [0.2, 0.25) is 0 Å². The van der Waals surface area contributed by atoms with Crippen molar-refractivity contribution in [2.45, 2.75) is 32.7 Å². The zero-order chi connectivity index (χ0) is 13.5. The van der Waals surface area contributed by atoms with Crippen LogP contribution in [0.2, 0.25) is 0 Å². The molecular formula is C14H23FN2O. The third-order valence-electron chi connectivity index (χ3n) is 2.99. The van der Waals surface area contributed by atoms with Gasteiger partial charge in [-0.2, -0.15) is 0 Å². The molecule has 0 saturated carbocycles. The van der Waals surface area contributed by atoms with Crippen LogP contribution in [-0.4, -0.2) is 24.8 Å². The molecule has 1 aromatic carbocycles. The largest absolute Gasteiger partial charge is 0.395 e. The minimum Gasteiger partial charge on any atom is -0.395 e. The summed E-state index contributed by atoms with van der Waals surface area (Å²) >= 11 is 0. The summed E-state index contributed by atoms with van der Waals surface area (Å²) in [5, 5.41) is 9.05. The molecule has 0 aliphatic carbocycles. The van der Waals surface area contributed by atoms with Crippen molar-refractivity contribution in [3.05, 3.63) is 29.6 Å². The molecule has 1 rings (SSSR count). The molecule has 0 unspecified atom stereocenters. The molecule has 0 radical (unpaired) electrons. The van der Waals surface area contributed by atoms with Crippen molar-refractivity contribution in [2.24, 2.45) is 5.73 Å². The molecule has 0 aliphatic heterocycles. The number of unbranched alkanes of at least 4 members (excludes halogenated alkanes) is 1. The van der Waals surface area contributed by atoms with Gasteiger partial charge >= 0.3 is 0 Å². The predicted molar refractivity (Wildman–Crippen MR) is 73.2 cm³/mol. The summed E-state index contributed by atoms with van der Waals surface area (Å²) in [5.74, 6) is -0.269. The molecule has 1 atom stereocenters. The third-order valence-corrected chi connectivity index (χ3v) is 2.99. The third kappa shape index (κ3) is 3.96. The summed E-state index contributed by atoms with van der Waals surface area (Å²) in [5.41, 5.74) is 7.06. The first kappa shape index (κ1) is 14.9. The zero-order valence-corrected chi connectivity index (χ0v) is 11.2. The molecule has 0 amide bonds. The second kappa shape index (κ2) is 7.34. The number of aliphatic hydroxyl groups is 1. The van der Waals surface area contributed by atoms with Gasteiger partial charge in [0.05, 0.1) is 12.3 Å². The SMILES string of the molecule is CCCCN(CCO)c1ccc([C@@H](C)N)cc1F. The van der Waals surface area contributed by atoms with E-state index in [2.05, 4.69) is 6.92 Å². The molecule has 0 fully saturated rings. The van der Waals surface area contributed by atoms with E-state index < -0.39 is 0 Å². The molecule has 0 aromatic heterocycles. The van der Waals surface area contributed by atoms with E-state index in [4.69, 9.17) is 10.8 Å². The van der Waals surface area contributed by atoms with E-state index >= 15 is 0 Å². The number of anilines is 1. The maximum absolute atomic E-state index is 14.0. The highest BCUT2D eigenvalue weighted by Crippen LogP contribution is 2.23. The first-order valence-electron chi connectivity index (χ1n) is 6.51. The Labute approximate surface area is 108 Å². The van der Waals surface area contributed by atoms with Gasteiger partial charge < -0.3 is 15.7 Å². The lowest BCUT2D eigenvalue weighted by molar-refractivity contribution is 0.301. The molecule has 18 heavy (non-hydrogen) atoms. The zero-order valence-electron chi connectivity index (χ0n) is 11.2. The maximum Gasteiger partial charge on any atom is 0.146 e. The van der Waals surface area contributed by atoms with Crippen molar-refractivity contribution in [2.75, 3.05) is 24.6 Å². The number of rotatable bonds is 7. The van der Waals surface area contributed by atoms with Gasteiger partial charge in [0.1, 0.15) is 5.82 Å². The van der Waals surface area contributed by atoms with Crippen LogP contribution in [0.25, 0.3) is 0 Å². The Hall–Kier alpha value is -1.13. The quantitative estimate of drug-likeness (QED) is 0.785. The second-order valence-electron chi connectivity index (χ2n) is 4.56. The van der Waals surface area contributed by atoms with Crippen molar-refractivity contribution >= 4 is 5.69 Å². The molecule has 0 aliphatic rings. The summed E-state index contributed by atoms with van der Waals surface area (Å²) in [6, 6.07) is 4.91. The molecular weight excluding hydrogens is 231 g/mol. The average Bonchev–Trinajstić information content (AvgIpc) is 2.34. The van der Waals surface area contributed by atoms with Crippen LogP contribution in [0.5, 0.6) is 0 Å². The number of halogens is 1. The smallest absolute Gasteiger partial charge is 0.146 e. The molecule has 1 aromatic rings. The van der Waals surface area contributed by atoms with Crippen LogP contribution in [0.1, 0.15) is 38.3 Å². The van der Waals surface area contributed by atoms with Crippen molar-refractivity contribution in [1.29, 1.82) is 0 Å². The van der Waals surface area contributed by atoms with E-state index in [-0.39, 0.29) is 18.5 Å². The highest BCUT2D eigenvalue weighted by molar-refractivity contribution is 5.49. The Morgan fingerprint density at radius 2 is 2.11 bits per heavy atom. The standard InChI is InChI=1S/C14H23FN2O/c1-3-4-7-17(8-9-18)14-6-5-12(11(2)16)10-13(14)15/h5-6,10-11,18H,3-4,7-9,16H2,1-2H3/t11-/m1/s1. The number of nitrogens with two attached hydrogens (primary N) is 1. The maximum atomic E-state index is 14.0. The van der Waals surface area contributed by atoms with Gasteiger partial charge in [0, 0.05) is 19.1 Å². The summed E-state index contributed by atoms with van der Waals surface area (Å²) in [7, 11) is 0. The normalized spacial score (nSPS) is 12.5. The number of hydrogen-bond donors (Lipinski definition) is 2. The van der Waals surface area contributed by atoms with Crippen LogP contribution >= 0.6 is 0 Å². The van der Waals surface area contributed by atoms with E-state index in [9.17, 15) is 4.39 Å². The molecule has 102 valence electrons. The Kier molecular flexibility index (Phi) is 6.09. The Balaban J connectivity index is 2.90. The molecule has 0 heterocycles. The fourth-order valence-corrected chi connectivity index (χ4v) is 1.89. The van der Waals surface area contributed by atoms with Gasteiger partial charge in [0.25, 0.3) is 0 Å². The Bertz CT molecular complexity index is 369. The van der Waals surface area contributed by atoms with Crippen LogP contribution in [-0.2, 0) is 0 Å². The van der Waals surface area contributed by atoms with Crippen LogP contribution in [0, 0.1) is 5.82 Å². The molecule has 0 bridgehead atoms. The first-order chi connectivity index (χ1) is 8.60. The predicted octanol–water partition coefficient (Wildman–Crippen LogP) is 2.44. The lowest BCUT2D eigenvalue weighted by atomic mass is 10.1. The lowest BCUT2D eigenvalue weighted by Crippen LogP contribution is -2.28. The molecule has 0 saturated heterocycles. The summed E-state index contributed by atoms with van der Waals surface area (Å²) < 4.78 is 14.0. The monoisotopic (exact) mass is 254 g/mol. The first-order valence-corrected chi connectivity index (χ1v) is 6.51. The van der Waals surface area contributed by atoms with Crippen molar-refractivity contribution < 1.29 is 9.50 Å².